The fraction of sp³-hybridized carbons (Fsp3) is 0.294. The summed E-state index contributed by atoms with van der Waals surface area (Å²) in [5.74, 6) is 0.833. The molecule has 2 nitrogen and oxygen atoms in total. The third-order valence-electron chi connectivity index (χ3n) is 3.44. The van der Waals surface area contributed by atoms with Crippen LogP contribution in [0.25, 0.3) is 0 Å². The van der Waals surface area contributed by atoms with Crippen LogP contribution >= 0.6 is 23.2 Å². The lowest BCUT2D eigenvalue weighted by molar-refractivity contribution is 0.416. The number of aryl methyl sites for hydroxylation is 1. The number of benzene rings is 2. The smallest absolute Gasteiger partial charge is 0.141 e. The number of rotatable bonds is 5. The van der Waals surface area contributed by atoms with Gasteiger partial charge in [0, 0.05) is 0 Å². The minimum absolute atomic E-state index is 0.149. The first-order chi connectivity index (χ1) is 10.0. The molecule has 0 aromatic heterocycles. The Hall–Kier alpha value is -1.38. The van der Waals surface area contributed by atoms with E-state index in [-0.39, 0.29) is 6.04 Å². The molecule has 0 aliphatic carbocycles. The molecule has 0 aliphatic heterocycles. The van der Waals surface area contributed by atoms with Crippen LogP contribution in [0.3, 0.4) is 0 Å². The summed E-state index contributed by atoms with van der Waals surface area (Å²) < 4.78 is 5.41. The lowest BCUT2D eigenvalue weighted by atomic mass is 10.0. The molecule has 4 heteroatoms. The molecule has 0 amide bonds. The molecule has 0 bridgehead atoms. The third kappa shape index (κ3) is 3.84. The monoisotopic (exact) mass is 323 g/mol. The lowest BCUT2D eigenvalue weighted by Crippen LogP contribution is -2.10. The van der Waals surface area contributed by atoms with Crippen molar-refractivity contribution in [2.24, 2.45) is 0 Å². The molecular weight excluding hydrogens is 305 g/mol. The summed E-state index contributed by atoms with van der Waals surface area (Å²) in [6.45, 7) is 4.19. The van der Waals surface area contributed by atoms with Gasteiger partial charge in [-0.15, -0.1) is 0 Å². The van der Waals surface area contributed by atoms with Crippen molar-refractivity contribution in [2.75, 3.05) is 12.4 Å². The molecule has 0 fully saturated rings. The average Bonchev–Trinajstić information content (AvgIpc) is 2.48. The first kappa shape index (κ1) is 16.0. The maximum atomic E-state index is 6.12. The standard InChI is InChI=1S/C17H19Cl2NO/c1-4-15(12-6-7-13(18)14(19)10-12)20-16-9-11(2)5-8-17(16)21-3/h5-10,15,20H,4H2,1-3H3. The van der Waals surface area contributed by atoms with Crippen molar-refractivity contribution in [1.82, 2.24) is 0 Å². The molecule has 1 atom stereocenters. The Morgan fingerprint density at radius 2 is 1.86 bits per heavy atom. The molecule has 0 heterocycles. The average molecular weight is 324 g/mol. The second kappa shape index (κ2) is 7.06. The van der Waals surface area contributed by atoms with Crippen LogP contribution in [0, 0.1) is 6.92 Å². The molecular formula is C17H19Cl2NO. The molecule has 1 unspecified atom stereocenters. The summed E-state index contributed by atoms with van der Waals surface area (Å²) in [7, 11) is 1.68. The van der Waals surface area contributed by atoms with Gasteiger partial charge in [-0.2, -0.15) is 0 Å². The number of hydrogen-bond donors (Lipinski definition) is 1. The Balaban J connectivity index is 2.30. The number of halogens is 2. The van der Waals surface area contributed by atoms with Gasteiger partial charge in [0.05, 0.1) is 28.9 Å². The van der Waals surface area contributed by atoms with Crippen molar-refractivity contribution in [3.63, 3.8) is 0 Å². The third-order valence-corrected chi connectivity index (χ3v) is 4.18. The van der Waals surface area contributed by atoms with Gasteiger partial charge in [-0.1, -0.05) is 42.3 Å². The topological polar surface area (TPSA) is 21.3 Å². The second-order valence-electron chi connectivity index (χ2n) is 4.98. The van der Waals surface area contributed by atoms with E-state index in [1.807, 2.05) is 30.3 Å². The van der Waals surface area contributed by atoms with Crippen LogP contribution < -0.4 is 10.1 Å². The summed E-state index contributed by atoms with van der Waals surface area (Å²) >= 11 is 12.1. The van der Waals surface area contributed by atoms with Gasteiger partial charge in [0.15, 0.2) is 0 Å². The number of hydrogen-bond acceptors (Lipinski definition) is 2. The maximum absolute atomic E-state index is 6.12. The van der Waals surface area contributed by atoms with Gasteiger partial charge in [0.2, 0.25) is 0 Å². The second-order valence-corrected chi connectivity index (χ2v) is 5.80. The summed E-state index contributed by atoms with van der Waals surface area (Å²) in [5, 5.41) is 4.67. The number of nitrogens with one attached hydrogen (secondary N) is 1. The van der Waals surface area contributed by atoms with Gasteiger partial charge in [0.1, 0.15) is 5.75 Å². The highest BCUT2D eigenvalue weighted by molar-refractivity contribution is 6.42. The summed E-state index contributed by atoms with van der Waals surface area (Å²) in [6, 6.07) is 12.0. The summed E-state index contributed by atoms with van der Waals surface area (Å²) in [4.78, 5) is 0. The van der Waals surface area contributed by atoms with Crippen molar-refractivity contribution >= 4 is 28.9 Å². The first-order valence-corrected chi connectivity index (χ1v) is 7.67. The van der Waals surface area contributed by atoms with Gasteiger partial charge in [0.25, 0.3) is 0 Å². The van der Waals surface area contributed by atoms with Gasteiger partial charge in [-0.05, 0) is 48.7 Å². The van der Waals surface area contributed by atoms with Crippen molar-refractivity contribution in [2.45, 2.75) is 26.3 Å². The molecule has 2 aromatic carbocycles. The van der Waals surface area contributed by atoms with Crippen LogP contribution in [0.2, 0.25) is 10.0 Å². The van der Waals surface area contributed by atoms with Crippen molar-refractivity contribution in [3.05, 3.63) is 57.6 Å². The minimum Gasteiger partial charge on any atom is -0.495 e. The predicted octanol–water partition coefficient (Wildman–Crippen LogP) is 5.87. The zero-order valence-corrected chi connectivity index (χ0v) is 13.9. The lowest BCUT2D eigenvalue weighted by Gasteiger charge is -2.21. The molecule has 0 aliphatic rings. The SMILES string of the molecule is CCC(Nc1cc(C)ccc1OC)c1ccc(Cl)c(Cl)c1. The van der Waals surface area contributed by atoms with Gasteiger partial charge >= 0.3 is 0 Å². The Morgan fingerprint density at radius 1 is 1.10 bits per heavy atom. The molecule has 0 saturated carbocycles. The molecule has 21 heavy (non-hydrogen) atoms. The van der Waals surface area contributed by atoms with Crippen LogP contribution in [0.1, 0.15) is 30.5 Å². The highest BCUT2D eigenvalue weighted by Gasteiger charge is 2.13. The first-order valence-electron chi connectivity index (χ1n) is 6.91. The van der Waals surface area contributed by atoms with Crippen LogP contribution in [0.4, 0.5) is 5.69 Å². The van der Waals surface area contributed by atoms with E-state index in [2.05, 4.69) is 25.2 Å². The van der Waals surface area contributed by atoms with E-state index in [0.717, 1.165) is 23.4 Å². The molecule has 0 radical (unpaired) electrons. The Kier molecular flexibility index (Phi) is 5.38. The summed E-state index contributed by atoms with van der Waals surface area (Å²) in [6.07, 6.45) is 0.926. The summed E-state index contributed by atoms with van der Waals surface area (Å²) in [5.41, 5.74) is 3.27. The predicted molar refractivity (Wildman–Crippen MR) is 90.8 cm³/mol. The molecule has 0 spiro atoms. The van der Waals surface area contributed by atoms with Crippen LogP contribution in [-0.4, -0.2) is 7.11 Å². The molecule has 0 saturated heterocycles. The van der Waals surface area contributed by atoms with E-state index in [1.54, 1.807) is 7.11 Å². The van der Waals surface area contributed by atoms with Crippen molar-refractivity contribution in [3.8, 4) is 5.75 Å². The fourth-order valence-electron chi connectivity index (χ4n) is 2.27. The van der Waals surface area contributed by atoms with Gasteiger partial charge in [-0.25, -0.2) is 0 Å². The van der Waals surface area contributed by atoms with E-state index in [0.29, 0.717) is 10.0 Å². The van der Waals surface area contributed by atoms with E-state index < -0.39 is 0 Å². The van der Waals surface area contributed by atoms with E-state index in [9.17, 15) is 0 Å². The highest BCUT2D eigenvalue weighted by atomic mass is 35.5. The zero-order valence-electron chi connectivity index (χ0n) is 12.4. The van der Waals surface area contributed by atoms with Crippen molar-refractivity contribution in [1.29, 1.82) is 0 Å². The Bertz CT molecular complexity index is 628. The maximum Gasteiger partial charge on any atom is 0.141 e. The normalized spacial score (nSPS) is 12.0. The van der Waals surface area contributed by atoms with Gasteiger partial charge < -0.3 is 10.1 Å². The highest BCUT2D eigenvalue weighted by Crippen LogP contribution is 2.32. The van der Waals surface area contributed by atoms with E-state index >= 15 is 0 Å². The fourth-order valence-corrected chi connectivity index (χ4v) is 2.58. The largest absolute Gasteiger partial charge is 0.495 e. The molecule has 1 N–H and O–H groups in total. The van der Waals surface area contributed by atoms with Crippen molar-refractivity contribution < 1.29 is 4.74 Å². The van der Waals surface area contributed by atoms with E-state index in [4.69, 9.17) is 27.9 Å². The Morgan fingerprint density at radius 3 is 2.48 bits per heavy atom. The number of anilines is 1. The molecule has 112 valence electrons. The quantitative estimate of drug-likeness (QED) is 0.742. The minimum atomic E-state index is 0.149. The molecule has 2 rings (SSSR count). The Labute approximate surface area is 136 Å². The van der Waals surface area contributed by atoms with Gasteiger partial charge in [-0.3, -0.25) is 0 Å². The van der Waals surface area contributed by atoms with Crippen LogP contribution in [0.15, 0.2) is 36.4 Å². The van der Waals surface area contributed by atoms with Crippen LogP contribution in [0.5, 0.6) is 5.75 Å². The zero-order chi connectivity index (χ0) is 15.4. The van der Waals surface area contributed by atoms with Crippen LogP contribution in [-0.2, 0) is 0 Å². The molecule has 2 aromatic rings. The number of methoxy groups -OCH3 is 1. The van der Waals surface area contributed by atoms with E-state index in [1.165, 1.54) is 5.56 Å². The number of ether oxygens (including phenoxy) is 1.